The van der Waals surface area contributed by atoms with Crippen LogP contribution in [-0.4, -0.2) is 5.78 Å². The Morgan fingerprint density at radius 2 is 1.92 bits per heavy atom. The largest absolute Gasteiger partial charge is 0.454 e. The van der Waals surface area contributed by atoms with Gasteiger partial charge in [0.1, 0.15) is 5.75 Å². The van der Waals surface area contributed by atoms with Crippen molar-refractivity contribution in [3.63, 3.8) is 0 Å². The van der Waals surface area contributed by atoms with E-state index < -0.39 is 0 Å². The van der Waals surface area contributed by atoms with Gasteiger partial charge in [0.25, 0.3) is 0 Å². The highest BCUT2D eigenvalue weighted by molar-refractivity contribution is 5.95. The Labute approximate surface area is 76.8 Å². The van der Waals surface area contributed by atoms with Crippen LogP contribution < -0.4 is 4.74 Å². The summed E-state index contributed by atoms with van der Waals surface area (Å²) in [5.74, 6) is 1.32. The molecule has 0 unspecified atom stereocenters. The molecule has 0 amide bonds. The van der Waals surface area contributed by atoms with E-state index in [1.165, 1.54) is 0 Å². The number of carbonyl (C=O) groups excluding carboxylic acids is 1. The summed E-state index contributed by atoms with van der Waals surface area (Å²) in [4.78, 5) is 11.2. The molecule has 0 radical (unpaired) electrons. The second-order valence-corrected chi connectivity index (χ2v) is 2.95. The Morgan fingerprint density at radius 3 is 2.54 bits per heavy atom. The standard InChI is InChI=1S/C11H10O2/c12-10-7-4-8-11(10)13-9-5-2-1-3-6-9/h1-3,5-6,8H,4,7H2. The number of hydrogen-bond donors (Lipinski definition) is 0. The Balaban J connectivity index is 2.11. The fourth-order valence-corrected chi connectivity index (χ4v) is 1.29. The van der Waals surface area contributed by atoms with Crippen molar-refractivity contribution in [1.29, 1.82) is 0 Å². The molecule has 1 aliphatic carbocycles. The third kappa shape index (κ3) is 1.78. The van der Waals surface area contributed by atoms with Crippen LogP contribution in [0, 0.1) is 0 Å². The second-order valence-electron chi connectivity index (χ2n) is 2.95. The first kappa shape index (κ1) is 8.05. The topological polar surface area (TPSA) is 26.3 Å². The summed E-state index contributed by atoms with van der Waals surface area (Å²) in [7, 11) is 0. The van der Waals surface area contributed by atoms with Crippen LogP contribution >= 0.6 is 0 Å². The number of allylic oxidation sites excluding steroid dienone is 2. The summed E-state index contributed by atoms with van der Waals surface area (Å²) in [6, 6.07) is 9.36. The summed E-state index contributed by atoms with van der Waals surface area (Å²) < 4.78 is 5.40. The van der Waals surface area contributed by atoms with Gasteiger partial charge in [-0.2, -0.15) is 0 Å². The normalized spacial score (nSPS) is 15.7. The quantitative estimate of drug-likeness (QED) is 0.687. The maximum atomic E-state index is 11.2. The lowest BCUT2D eigenvalue weighted by molar-refractivity contribution is -0.116. The zero-order valence-electron chi connectivity index (χ0n) is 7.19. The molecule has 1 aromatic carbocycles. The maximum Gasteiger partial charge on any atom is 0.197 e. The van der Waals surface area contributed by atoms with Crippen molar-refractivity contribution < 1.29 is 9.53 Å². The molecule has 0 bridgehead atoms. The third-order valence-corrected chi connectivity index (χ3v) is 1.95. The lowest BCUT2D eigenvalue weighted by Gasteiger charge is -2.03. The van der Waals surface area contributed by atoms with Crippen LogP contribution in [0.3, 0.4) is 0 Å². The van der Waals surface area contributed by atoms with Gasteiger partial charge in [0.05, 0.1) is 0 Å². The number of rotatable bonds is 2. The number of ketones is 1. The molecule has 66 valence electrons. The van der Waals surface area contributed by atoms with E-state index in [0.717, 1.165) is 12.2 Å². The average molecular weight is 174 g/mol. The molecular formula is C11H10O2. The molecule has 13 heavy (non-hydrogen) atoms. The Hall–Kier alpha value is -1.57. The Morgan fingerprint density at radius 1 is 1.15 bits per heavy atom. The first-order chi connectivity index (χ1) is 6.36. The number of hydrogen-bond acceptors (Lipinski definition) is 2. The SMILES string of the molecule is O=C1CCC=C1Oc1ccccc1. The van der Waals surface area contributed by atoms with E-state index in [4.69, 9.17) is 4.74 Å². The molecule has 2 rings (SSSR count). The van der Waals surface area contributed by atoms with E-state index in [1.807, 2.05) is 36.4 Å². The fraction of sp³-hybridized carbons (Fsp3) is 0.182. The van der Waals surface area contributed by atoms with Gasteiger partial charge >= 0.3 is 0 Å². The van der Waals surface area contributed by atoms with Gasteiger partial charge in [0.15, 0.2) is 11.5 Å². The molecule has 2 nitrogen and oxygen atoms in total. The molecule has 0 fully saturated rings. The van der Waals surface area contributed by atoms with Crippen LogP contribution in [0.15, 0.2) is 42.2 Å². The number of carbonyl (C=O) groups is 1. The molecule has 0 heterocycles. The average Bonchev–Trinajstić information content (AvgIpc) is 2.54. The molecule has 0 saturated heterocycles. The zero-order valence-corrected chi connectivity index (χ0v) is 7.19. The highest BCUT2D eigenvalue weighted by Crippen LogP contribution is 2.19. The van der Waals surface area contributed by atoms with E-state index in [9.17, 15) is 4.79 Å². The van der Waals surface area contributed by atoms with Gasteiger partial charge in [0.2, 0.25) is 0 Å². The predicted octanol–water partition coefficient (Wildman–Crippen LogP) is 2.31. The molecule has 0 atom stereocenters. The summed E-state index contributed by atoms with van der Waals surface area (Å²) in [5.41, 5.74) is 0. The van der Waals surface area contributed by atoms with Gasteiger partial charge in [-0.05, 0) is 24.6 Å². The van der Waals surface area contributed by atoms with Gasteiger partial charge < -0.3 is 4.74 Å². The lowest BCUT2D eigenvalue weighted by atomic mass is 10.3. The van der Waals surface area contributed by atoms with Crippen LogP contribution in [0.1, 0.15) is 12.8 Å². The molecule has 0 spiro atoms. The molecule has 0 N–H and O–H groups in total. The Kier molecular flexibility index (Phi) is 2.13. The van der Waals surface area contributed by atoms with Gasteiger partial charge in [-0.3, -0.25) is 4.79 Å². The molecule has 0 aliphatic heterocycles. The first-order valence-corrected chi connectivity index (χ1v) is 4.32. The van der Waals surface area contributed by atoms with Gasteiger partial charge in [0, 0.05) is 6.42 Å². The van der Waals surface area contributed by atoms with Crippen molar-refractivity contribution in [1.82, 2.24) is 0 Å². The molecule has 1 aliphatic rings. The van der Waals surface area contributed by atoms with Crippen LogP contribution in [-0.2, 0) is 4.79 Å². The second kappa shape index (κ2) is 3.44. The minimum atomic E-state index is 0.101. The van der Waals surface area contributed by atoms with Gasteiger partial charge in [-0.25, -0.2) is 0 Å². The first-order valence-electron chi connectivity index (χ1n) is 4.32. The van der Waals surface area contributed by atoms with Crippen LogP contribution in [0.4, 0.5) is 0 Å². The van der Waals surface area contributed by atoms with E-state index >= 15 is 0 Å². The van der Waals surface area contributed by atoms with Gasteiger partial charge in [-0.15, -0.1) is 0 Å². The molecule has 1 aromatic rings. The smallest absolute Gasteiger partial charge is 0.197 e. The zero-order chi connectivity index (χ0) is 9.10. The summed E-state index contributed by atoms with van der Waals surface area (Å²) in [6.07, 6.45) is 3.23. The summed E-state index contributed by atoms with van der Waals surface area (Å²) >= 11 is 0. The number of ether oxygens (including phenoxy) is 1. The highest BCUT2D eigenvalue weighted by Gasteiger charge is 2.16. The van der Waals surface area contributed by atoms with Crippen LogP contribution in [0.2, 0.25) is 0 Å². The minimum Gasteiger partial charge on any atom is -0.454 e. The molecular weight excluding hydrogens is 164 g/mol. The van der Waals surface area contributed by atoms with Crippen LogP contribution in [0.5, 0.6) is 5.75 Å². The summed E-state index contributed by atoms with van der Waals surface area (Å²) in [6.45, 7) is 0. The third-order valence-electron chi connectivity index (χ3n) is 1.95. The van der Waals surface area contributed by atoms with E-state index in [0.29, 0.717) is 12.2 Å². The number of benzene rings is 1. The minimum absolute atomic E-state index is 0.101. The van der Waals surface area contributed by atoms with Crippen molar-refractivity contribution >= 4 is 5.78 Å². The van der Waals surface area contributed by atoms with Crippen molar-refractivity contribution in [2.24, 2.45) is 0 Å². The lowest BCUT2D eigenvalue weighted by Crippen LogP contribution is -2.02. The molecule has 0 aromatic heterocycles. The molecule has 0 saturated carbocycles. The fourth-order valence-electron chi connectivity index (χ4n) is 1.29. The van der Waals surface area contributed by atoms with Crippen molar-refractivity contribution in [3.8, 4) is 5.75 Å². The summed E-state index contributed by atoms with van der Waals surface area (Å²) in [5, 5.41) is 0. The van der Waals surface area contributed by atoms with Gasteiger partial charge in [-0.1, -0.05) is 18.2 Å². The highest BCUT2D eigenvalue weighted by atomic mass is 16.5. The monoisotopic (exact) mass is 174 g/mol. The number of para-hydroxylation sites is 1. The Bertz CT molecular complexity index is 338. The van der Waals surface area contributed by atoms with Crippen molar-refractivity contribution in [3.05, 3.63) is 42.2 Å². The molecule has 2 heteroatoms. The van der Waals surface area contributed by atoms with Crippen LogP contribution in [0.25, 0.3) is 0 Å². The van der Waals surface area contributed by atoms with E-state index in [1.54, 1.807) is 0 Å². The van der Waals surface area contributed by atoms with E-state index in [2.05, 4.69) is 0 Å². The predicted molar refractivity (Wildman–Crippen MR) is 49.4 cm³/mol. The van der Waals surface area contributed by atoms with Crippen molar-refractivity contribution in [2.45, 2.75) is 12.8 Å². The number of Topliss-reactive ketones (excluding diaryl/α,β-unsaturated/α-hetero) is 1. The van der Waals surface area contributed by atoms with Crippen molar-refractivity contribution in [2.75, 3.05) is 0 Å². The van der Waals surface area contributed by atoms with E-state index in [-0.39, 0.29) is 5.78 Å². The maximum absolute atomic E-state index is 11.2.